The summed E-state index contributed by atoms with van der Waals surface area (Å²) in [6.07, 6.45) is 5.17. The fraction of sp³-hybridized carbons (Fsp3) is 0.286. The molecule has 3 N–H and O–H groups in total. The second-order valence-electron chi connectivity index (χ2n) is 5.04. The third kappa shape index (κ3) is 2.88. The number of anilines is 1. The van der Waals surface area contributed by atoms with Crippen LogP contribution in [0.15, 0.2) is 41.6 Å². The molecule has 0 bridgehead atoms. The molecule has 2 aromatic rings. The van der Waals surface area contributed by atoms with Gasteiger partial charge in [-0.05, 0) is 30.4 Å². The number of rotatable bonds is 3. The van der Waals surface area contributed by atoms with E-state index >= 15 is 0 Å². The Morgan fingerprint density at radius 3 is 2.67 bits per heavy atom. The highest BCUT2D eigenvalue weighted by Gasteiger charge is 2.25. The Hall–Kier alpha value is -1.99. The number of fused-ring (bicyclic) bond motifs is 1. The molecular formula is C14H16N4O2S. The molecule has 0 radical (unpaired) electrons. The fourth-order valence-electron chi connectivity index (χ4n) is 2.60. The molecule has 0 amide bonds. The molecule has 1 atom stereocenters. The number of sulfonamides is 1. The predicted octanol–water partition coefficient (Wildman–Crippen LogP) is 1.41. The van der Waals surface area contributed by atoms with Crippen LogP contribution in [0.4, 0.5) is 5.95 Å². The highest BCUT2D eigenvalue weighted by Crippen LogP contribution is 2.30. The number of nitrogens with zero attached hydrogens (tertiary/aromatic N) is 2. The quantitative estimate of drug-likeness (QED) is 0.893. The second kappa shape index (κ2) is 5.42. The minimum atomic E-state index is -3.65. The summed E-state index contributed by atoms with van der Waals surface area (Å²) >= 11 is 0. The van der Waals surface area contributed by atoms with Crippen LogP contribution in [0.5, 0.6) is 0 Å². The normalized spacial score (nSPS) is 18.2. The average molecular weight is 304 g/mol. The van der Waals surface area contributed by atoms with Gasteiger partial charge < -0.3 is 5.73 Å². The van der Waals surface area contributed by atoms with E-state index in [0.717, 1.165) is 24.8 Å². The van der Waals surface area contributed by atoms with E-state index in [0.29, 0.717) is 0 Å². The van der Waals surface area contributed by atoms with Gasteiger partial charge in [0.25, 0.3) is 0 Å². The molecule has 0 saturated heterocycles. The summed E-state index contributed by atoms with van der Waals surface area (Å²) in [5, 5.41) is 0. The van der Waals surface area contributed by atoms with Crippen molar-refractivity contribution in [3.63, 3.8) is 0 Å². The van der Waals surface area contributed by atoms with Gasteiger partial charge in [-0.3, -0.25) is 0 Å². The molecule has 1 unspecified atom stereocenters. The summed E-state index contributed by atoms with van der Waals surface area (Å²) in [7, 11) is -3.65. The van der Waals surface area contributed by atoms with Gasteiger partial charge in [-0.25, -0.2) is 23.1 Å². The molecule has 1 aliphatic carbocycles. The number of nitrogens with one attached hydrogen (secondary N) is 1. The molecule has 1 aliphatic rings. The van der Waals surface area contributed by atoms with Crippen LogP contribution in [-0.4, -0.2) is 18.4 Å². The van der Waals surface area contributed by atoms with Crippen molar-refractivity contribution in [1.82, 2.24) is 14.7 Å². The molecule has 1 aromatic heterocycles. The van der Waals surface area contributed by atoms with Gasteiger partial charge in [0.1, 0.15) is 4.90 Å². The zero-order valence-electron chi connectivity index (χ0n) is 11.4. The van der Waals surface area contributed by atoms with Crippen molar-refractivity contribution < 1.29 is 8.42 Å². The van der Waals surface area contributed by atoms with Crippen molar-refractivity contribution in [3.05, 3.63) is 47.8 Å². The molecule has 21 heavy (non-hydrogen) atoms. The zero-order valence-corrected chi connectivity index (χ0v) is 12.2. The third-order valence-electron chi connectivity index (χ3n) is 3.63. The number of hydrogen-bond donors (Lipinski definition) is 2. The SMILES string of the molecule is Nc1ncc(S(=O)(=O)NC2CCCc3ccccc32)cn1. The van der Waals surface area contributed by atoms with Gasteiger partial charge in [-0.1, -0.05) is 24.3 Å². The molecule has 110 valence electrons. The van der Waals surface area contributed by atoms with Gasteiger partial charge >= 0.3 is 0 Å². The Bertz CT molecular complexity index is 744. The Balaban J connectivity index is 1.88. The Morgan fingerprint density at radius 2 is 1.90 bits per heavy atom. The molecule has 6 nitrogen and oxygen atoms in total. The number of nitrogens with two attached hydrogens (primary N) is 1. The molecule has 0 fully saturated rings. The number of aryl methyl sites for hydroxylation is 1. The third-order valence-corrected chi connectivity index (χ3v) is 5.05. The summed E-state index contributed by atoms with van der Waals surface area (Å²) in [4.78, 5) is 7.49. The summed E-state index contributed by atoms with van der Waals surface area (Å²) in [6.45, 7) is 0. The van der Waals surface area contributed by atoms with E-state index in [-0.39, 0.29) is 16.9 Å². The maximum atomic E-state index is 12.4. The first-order valence-electron chi connectivity index (χ1n) is 6.74. The number of nitrogen functional groups attached to an aromatic ring is 1. The lowest BCUT2D eigenvalue weighted by Gasteiger charge is -2.26. The van der Waals surface area contributed by atoms with E-state index in [1.54, 1.807) is 0 Å². The Kier molecular flexibility index (Phi) is 3.60. The first kappa shape index (κ1) is 14.0. The van der Waals surface area contributed by atoms with Crippen molar-refractivity contribution in [2.45, 2.75) is 30.2 Å². The fourth-order valence-corrected chi connectivity index (χ4v) is 3.74. The molecule has 0 spiro atoms. The summed E-state index contributed by atoms with van der Waals surface area (Å²) in [6, 6.07) is 7.71. The van der Waals surface area contributed by atoms with Crippen LogP contribution in [0.1, 0.15) is 30.0 Å². The van der Waals surface area contributed by atoms with Gasteiger partial charge in [-0.15, -0.1) is 0 Å². The predicted molar refractivity (Wildman–Crippen MR) is 78.9 cm³/mol. The monoisotopic (exact) mass is 304 g/mol. The van der Waals surface area contributed by atoms with E-state index < -0.39 is 10.0 Å². The Labute approximate surface area is 123 Å². The maximum Gasteiger partial charge on any atom is 0.244 e. The van der Waals surface area contributed by atoms with Crippen molar-refractivity contribution in [1.29, 1.82) is 0 Å². The van der Waals surface area contributed by atoms with Crippen molar-refractivity contribution in [2.75, 3.05) is 5.73 Å². The second-order valence-corrected chi connectivity index (χ2v) is 6.76. The molecule has 1 heterocycles. The first-order chi connectivity index (χ1) is 10.1. The highest BCUT2D eigenvalue weighted by molar-refractivity contribution is 7.89. The molecule has 7 heteroatoms. The molecule has 0 aliphatic heterocycles. The average Bonchev–Trinajstić information content (AvgIpc) is 2.48. The summed E-state index contributed by atoms with van der Waals surface area (Å²) in [5.41, 5.74) is 7.62. The summed E-state index contributed by atoms with van der Waals surface area (Å²) in [5.74, 6) is 0.0527. The largest absolute Gasteiger partial charge is 0.368 e. The van der Waals surface area contributed by atoms with Crippen LogP contribution < -0.4 is 10.5 Å². The maximum absolute atomic E-state index is 12.4. The van der Waals surface area contributed by atoms with Crippen LogP contribution in [0.25, 0.3) is 0 Å². The lowest BCUT2D eigenvalue weighted by molar-refractivity contribution is 0.507. The highest BCUT2D eigenvalue weighted by atomic mass is 32.2. The van der Waals surface area contributed by atoms with Crippen molar-refractivity contribution in [2.24, 2.45) is 0 Å². The lowest BCUT2D eigenvalue weighted by atomic mass is 9.88. The Morgan fingerprint density at radius 1 is 1.19 bits per heavy atom. The number of aromatic nitrogens is 2. The van der Waals surface area contributed by atoms with E-state index in [9.17, 15) is 8.42 Å². The molecule has 3 rings (SSSR count). The van der Waals surface area contributed by atoms with Gasteiger partial charge in [0.2, 0.25) is 16.0 Å². The van der Waals surface area contributed by atoms with Crippen LogP contribution in [0, 0.1) is 0 Å². The van der Waals surface area contributed by atoms with Crippen LogP contribution in [-0.2, 0) is 16.4 Å². The standard InChI is InChI=1S/C14H16N4O2S/c15-14-16-8-11(9-17-14)21(19,20)18-13-7-3-5-10-4-1-2-6-12(10)13/h1-2,4,6,8-9,13,18H,3,5,7H2,(H2,15,16,17). The van der Waals surface area contributed by atoms with Crippen molar-refractivity contribution in [3.8, 4) is 0 Å². The van der Waals surface area contributed by atoms with E-state index in [1.807, 2.05) is 24.3 Å². The number of benzene rings is 1. The van der Waals surface area contributed by atoms with Gasteiger partial charge in [-0.2, -0.15) is 0 Å². The minimum absolute atomic E-state index is 0.0276. The summed E-state index contributed by atoms with van der Waals surface area (Å²) < 4.78 is 27.5. The van der Waals surface area contributed by atoms with Gasteiger partial charge in [0, 0.05) is 6.04 Å². The lowest BCUT2D eigenvalue weighted by Crippen LogP contribution is -2.31. The topological polar surface area (TPSA) is 98.0 Å². The minimum Gasteiger partial charge on any atom is -0.368 e. The van der Waals surface area contributed by atoms with Gasteiger partial charge in [0.15, 0.2) is 0 Å². The smallest absolute Gasteiger partial charge is 0.244 e. The van der Waals surface area contributed by atoms with E-state index in [1.165, 1.54) is 18.0 Å². The molecule has 0 saturated carbocycles. The van der Waals surface area contributed by atoms with E-state index in [2.05, 4.69) is 14.7 Å². The number of hydrogen-bond acceptors (Lipinski definition) is 5. The van der Waals surface area contributed by atoms with Crippen LogP contribution >= 0.6 is 0 Å². The van der Waals surface area contributed by atoms with Crippen LogP contribution in [0.2, 0.25) is 0 Å². The van der Waals surface area contributed by atoms with Gasteiger partial charge in [0.05, 0.1) is 12.4 Å². The van der Waals surface area contributed by atoms with Crippen molar-refractivity contribution >= 4 is 16.0 Å². The first-order valence-corrected chi connectivity index (χ1v) is 8.22. The zero-order chi connectivity index (χ0) is 14.9. The molecular weight excluding hydrogens is 288 g/mol. The van der Waals surface area contributed by atoms with Crippen LogP contribution in [0.3, 0.4) is 0 Å². The molecule has 1 aromatic carbocycles. The van der Waals surface area contributed by atoms with E-state index in [4.69, 9.17) is 5.73 Å².